The van der Waals surface area contributed by atoms with Crippen LogP contribution in [0.1, 0.15) is 48.1 Å². The van der Waals surface area contributed by atoms with E-state index in [1.165, 1.54) is 0 Å². The normalized spacial score (nSPS) is 12.1. The Morgan fingerprint density at radius 3 is 2.38 bits per heavy atom. The highest BCUT2D eigenvalue weighted by Crippen LogP contribution is 2.31. The van der Waals surface area contributed by atoms with Crippen LogP contribution < -0.4 is 27.1 Å². The Labute approximate surface area is 195 Å². The van der Waals surface area contributed by atoms with E-state index in [4.69, 9.17) is 14.6 Å². The summed E-state index contributed by atoms with van der Waals surface area (Å²) in [6, 6.07) is 1.78. The summed E-state index contributed by atoms with van der Waals surface area (Å²) < 4.78 is 11.2. The van der Waals surface area contributed by atoms with Crippen LogP contribution in [0.15, 0.2) is 25.8 Å². The Morgan fingerprint density at radius 2 is 1.71 bits per heavy atom. The molecule has 2 heterocycles. The van der Waals surface area contributed by atoms with Crippen molar-refractivity contribution in [2.24, 2.45) is 5.73 Å². The van der Waals surface area contributed by atoms with Crippen LogP contribution in [0, 0.1) is 20.8 Å². The topological polar surface area (TPSA) is 168 Å². The van der Waals surface area contributed by atoms with Gasteiger partial charge in [0.15, 0.2) is 0 Å². The van der Waals surface area contributed by atoms with Crippen LogP contribution in [0.5, 0.6) is 0 Å². The fourth-order valence-electron chi connectivity index (χ4n) is 3.95. The van der Waals surface area contributed by atoms with Crippen LogP contribution in [-0.4, -0.2) is 30.5 Å². The SMILES string of the molecule is Cc1oc2cc3oc(=O)c(CCC(=O)N[C@@H](CCCCNC(N)=O)C(=O)[O-])c(C)c3cc2c1C. The van der Waals surface area contributed by atoms with Gasteiger partial charge in [0.1, 0.15) is 16.9 Å². The number of rotatable bonds is 10. The van der Waals surface area contributed by atoms with Gasteiger partial charge < -0.3 is 35.1 Å². The lowest BCUT2D eigenvalue weighted by Crippen LogP contribution is -2.48. The molecule has 0 saturated carbocycles. The van der Waals surface area contributed by atoms with Gasteiger partial charge in [-0.25, -0.2) is 9.59 Å². The summed E-state index contributed by atoms with van der Waals surface area (Å²) >= 11 is 0. The number of carboxylic acid groups (broad SMARTS) is 1. The molecule has 182 valence electrons. The van der Waals surface area contributed by atoms with Crippen LogP contribution in [-0.2, 0) is 16.0 Å². The molecule has 10 nitrogen and oxygen atoms in total. The minimum Gasteiger partial charge on any atom is -0.548 e. The maximum absolute atomic E-state index is 12.6. The molecule has 0 saturated heterocycles. The van der Waals surface area contributed by atoms with Crippen LogP contribution in [0.2, 0.25) is 0 Å². The molecule has 1 atom stereocenters. The van der Waals surface area contributed by atoms with Gasteiger partial charge in [0.25, 0.3) is 0 Å². The summed E-state index contributed by atoms with van der Waals surface area (Å²) in [5, 5.41) is 17.9. The second-order valence-corrected chi connectivity index (χ2v) is 8.35. The zero-order valence-electron chi connectivity index (χ0n) is 19.4. The quantitative estimate of drug-likeness (QED) is 0.298. The zero-order chi connectivity index (χ0) is 25.0. The molecule has 0 aliphatic heterocycles. The Hall–Kier alpha value is -3.82. The van der Waals surface area contributed by atoms with Crippen molar-refractivity contribution in [3.8, 4) is 0 Å². The maximum Gasteiger partial charge on any atom is 0.339 e. The summed E-state index contributed by atoms with van der Waals surface area (Å²) in [4.78, 5) is 47.0. The molecule has 0 unspecified atom stereocenters. The van der Waals surface area contributed by atoms with Gasteiger partial charge in [0, 0.05) is 35.4 Å². The number of carbonyl (C=O) groups excluding carboxylic acids is 3. The standard InChI is InChI=1S/C24H29N3O7/c1-12-14(3)33-19-11-20-17(10-16(12)19)13(2)15(23(31)34-20)7-8-21(28)27-18(22(29)30)6-4-5-9-26-24(25)32/h10-11,18H,4-9H2,1-3H3,(H,27,28)(H,29,30)(H3,25,26,32)/p-1/t18-/m0/s1. The minimum atomic E-state index is -1.40. The van der Waals surface area contributed by atoms with Crippen LogP contribution in [0.3, 0.4) is 0 Å². The Kier molecular flexibility index (Phi) is 7.60. The van der Waals surface area contributed by atoms with Crippen molar-refractivity contribution in [2.75, 3.05) is 6.54 Å². The molecular weight excluding hydrogens is 442 g/mol. The fraction of sp³-hybridized carbons (Fsp3) is 0.417. The van der Waals surface area contributed by atoms with E-state index in [1.54, 1.807) is 13.0 Å². The third kappa shape index (κ3) is 5.56. The minimum absolute atomic E-state index is 0.0871. The predicted molar refractivity (Wildman–Crippen MR) is 123 cm³/mol. The molecule has 10 heteroatoms. The zero-order valence-corrected chi connectivity index (χ0v) is 19.4. The number of urea groups is 1. The number of fused-ring (bicyclic) bond motifs is 2. The Balaban J connectivity index is 1.68. The molecule has 3 amide bonds. The van der Waals surface area contributed by atoms with Gasteiger partial charge >= 0.3 is 11.7 Å². The van der Waals surface area contributed by atoms with Gasteiger partial charge in [-0.05, 0) is 63.6 Å². The van der Waals surface area contributed by atoms with Crippen LogP contribution in [0.4, 0.5) is 4.79 Å². The summed E-state index contributed by atoms with van der Waals surface area (Å²) in [5.74, 6) is -1.12. The first-order valence-electron chi connectivity index (χ1n) is 11.1. The number of carbonyl (C=O) groups is 3. The van der Waals surface area contributed by atoms with Gasteiger partial charge in [0.2, 0.25) is 5.91 Å². The van der Waals surface area contributed by atoms with Crippen molar-refractivity contribution in [3.05, 3.63) is 45.0 Å². The summed E-state index contributed by atoms with van der Waals surface area (Å²) in [7, 11) is 0. The molecule has 4 N–H and O–H groups in total. The van der Waals surface area contributed by atoms with E-state index < -0.39 is 29.6 Å². The number of aliphatic carboxylic acids is 1. The lowest BCUT2D eigenvalue weighted by molar-refractivity contribution is -0.308. The third-order valence-corrected chi connectivity index (χ3v) is 6.02. The number of nitrogens with one attached hydrogen (secondary N) is 2. The van der Waals surface area contributed by atoms with Gasteiger partial charge in [-0.15, -0.1) is 0 Å². The average Bonchev–Trinajstić information content (AvgIpc) is 3.03. The number of furan rings is 1. The van der Waals surface area contributed by atoms with Crippen molar-refractivity contribution in [1.29, 1.82) is 0 Å². The number of unbranched alkanes of at least 4 members (excludes halogenated alkanes) is 1. The van der Waals surface area contributed by atoms with Crippen LogP contribution in [0.25, 0.3) is 21.9 Å². The molecule has 2 aromatic heterocycles. The molecule has 0 fully saturated rings. The molecule has 0 bridgehead atoms. The number of hydrogen-bond acceptors (Lipinski definition) is 7. The summed E-state index contributed by atoms with van der Waals surface area (Å²) in [6.07, 6.45) is 1.10. The molecule has 3 rings (SSSR count). The number of hydrogen-bond donors (Lipinski definition) is 3. The lowest BCUT2D eigenvalue weighted by Gasteiger charge is -2.19. The van der Waals surface area contributed by atoms with Crippen molar-refractivity contribution in [3.63, 3.8) is 0 Å². The van der Waals surface area contributed by atoms with E-state index in [1.807, 2.05) is 19.9 Å². The highest BCUT2D eigenvalue weighted by Gasteiger charge is 2.18. The van der Waals surface area contributed by atoms with Crippen molar-refractivity contribution in [1.82, 2.24) is 10.6 Å². The molecule has 3 aromatic rings. The van der Waals surface area contributed by atoms with Gasteiger partial charge in [0.05, 0.1) is 12.0 Å². The van der Waals surface area contributed by atoms with Crippen LogP contribution >= 0.6 is 0 Å². The molecule has 0 radical (unpaired) electrons. The number of carboxylic acids is 1. The van der Waals surface area contributed by atoms with Gasteiger partial charge in [-0.1, -0.05) is 0 Å². The molecule has 34 heavy (non-hydrogen) atoms. The van der Waals surface area contributed by atoms with E-state index in [0.29, 0.717) is 41.7 Å². The van der Waals surface area contributed by atoms with E-state index in [9.17, 15) is 24.3 Å². The van der Waals surface area contributed by atoms with E-state index in [0.717, 1.165) is 22.1 Å². The van der Waals surface area contributed by atoms with Crippen molar-refractivity contribution >= 4 is 39.8 Å². The smallest absolute Gasteiger partial charge is 0.339 e. The number of benzene rings is 1. The largest absolute Gasteiger partial charge is 0.548 e. The number of aryl methyl sites for hydroxylation is 3. The first-order valence-corrected chi connectivity index (χ1v) is 11.1. The van der Waals surface area contributed by atoms with Crippen molar-refractivity contribution < 1.29 is 28.3 Å². The van der Waals surface area contributed by atoms with Gasteiger partial charge in [-0.2, -0.15) is 0 Å². The summed E-state index contributed by atoms with van der Waals surface area (Å²) in [6.45, 7) is 5.93. The van der Waals surface area contributed by atoms with Gasteiger partial charge in [-0.3, -0.25) is 4.79 Å². The number of nitrogens with two attached hydrogens (primary N) is 1. The first-order chi connectivity index (χ1) is 16.1. The van der Waals surface area contributed by atoms with E-state index in [-0.39, 0.29) is 19.3 Å². The maximum atomic E-state index is 12.6. The monoisotopic (exact) mass is 470 g/mol. The molecule has 0 aliphatic carbocycles. The highest BCUT2D eigenvalue weighted by atomic mass is 16.4. The van der Waals surface area contributed by atoms with E-state index >= 15 is 0 Å². The summed E-state index contributed by atoms with van der Waals surface area (Å²) in [5.41, 5.74) is 7.53. The molecule has 0 spiro atoms. The second kappa shape index (κ2) is 10.4. The molecular formula is C24H28N3O7-. The lowest BCUT2D eigenvalue weighted by atomic mass is 10.00. The average molecular weight is 471 g/mol. The third-order valence-electron chi connectivity index (χ3n) is 6.02. The fourth-order valence-corrected chi connectivity index (χ4v) is 3.95. The van der Waals surface area contributed by atoms with Crippen molar-refractivity contribution in [2.45, 2.75) is 58.9 Å². The molecule has 0 aliphatic rings. The first kappa shape index (κ1) is 24.8. The number of amides is 3. The number of primary amides is 1. The Bertz CT molecular complexity index is 1310. The Morgan fingerprint density at radius 1 is 1.03 bits per heavy atom. The molecule has 1 aromatic carbocycles. The second-order valence-electron chi connectivity index (χ2n) is 8.35. The highest BCUT2D eigenvalue weighted by molar-refractivity contribution is 5.96. The van der Waals surface area contributed by atoms with E-state index in [2.05, 4.69) is 10.6 Å². The predicted octanol–water partition coefficient (Wildman–Crippen LogP) is 1.47.